The van der Waals surface area contributed by atoms with Crippen LogP contribution in [0.1, 0.15) is 15.9 Å². The first-order valence-corrected chi connectivity index (χ1v) is 8.57. The highest BCUT2D eigenvalue weighted by molar-refractivity contribution is 7.71. The number of carbonyl (C=O) groups excluding carboxylic acids is 1. The molecule has 4 aromatic rings. The summed E-state index contributed by atoms with van der Waals surface area (Å²) in [5.74, 6) is 0.0152. The van der Waals surface area contributed by atoms with Gasteiger partial charge in [0.1, 0.15) is 11.5 Å². The number of nitrogens with zero attached hydrogens (tertiary/aromatic N) is 2. The van der Waals surface area contributed by atoms with Crippen molar-refractivity contribution in [1.29, 1.82) is 0 Å². The van der Waals surface area contributed by atoms with Gasteiger partial charge in [0.25, 0.3) is 0 Å². The fourth-order valence-electron chi connectivity index (χ4n) is 2.92. The third-order valence-corrected chi connectivity index (χ3v) is 4.56. The summed E-state index contributed by atoms with van der Waals surface area (Å²) in [5.41, 5.74) is 2.87. The number of hydrogen-bond donors (Lipinski definition) is 2. The van der Waals surface area contributed by atoms with Crippen LogP contribution >= 0.6 is 12.2 Å². The quantitative estimate of drug-likeness (QED) is 0.415. The summed E-state index contributed by atoms with van der Waals surface area (Å²) in [6.45, 7) is 0. The standard InChI is InChI=1S/C20H15N3O3S/c1-26-14-7-8-17(24)15(10-14)19(25)13-9-16-18(12-5-3-2-4-6-12)22-20(27)23(16)21-11-13/h2-11,24H,1H3,(H,22,27). The molecule has 4 rings (SSSR count). The molecule has 2 aromatic heterocycles. The summed E-state index contributed by atoms with van der Waals surface area (Å²) < 4.78 is 7.15. The molecule has 27 heavy (non-hydrogen) atoms. The van der Waals surface area contributed by atoms with Crippen LogP contribution in [0.3, 0.4) is 0 Å². The van der Waals surface area contributed by atoms with E-state index in [-0.39, 0.29) is 17.1 Å². The summed E-state index contributed by atoms with van der Waals surface area (Å²) in [4.78, 5) is 16.1. The molecule has 134 valence electrons. The van der Waals surface area contributed by atoms with Gasteiger partial charge in [0.2, 0.25) is 0 Å². The average Bonchev–Trinajstić information content (AvgIpc) is 3.04. The van der Waals surface area contributed by atoms with Gasteiger partial charge in [-0.1, -0.05) is 30.3 Å². The predicted octanol–water partition coefficient (Wildman–Crippen LogP) is 4.00. The molecule has 0 unspecified atom stereocenters. The molecule has 0 saturated heterocycles. The third kappa shape index (κ3) is 2.98. The zero-order valence-corrected chi connectivity index (χ0v) is 15.2. The van der Waals surface area contributed by atoms with Crippen LogP contribution in [0.5, 0.6) is 11.5 Å². The largest absolute Gasteiger partial charge is 0.507 e. The number of aromatic hydroxyl groups is 1. The van der Waals surface area contributed by atoms with Crippen LogP contribution in [0.4, 0.5) is 0 Å². The number of hydrogen-bond acceptors (Lipinski definition) is 5. The van der Waals surface area contributed by atoms with E-state index in [4.69, 9.17) is 17.0 Å². The van der Waals surface area contributed by atoms with Crippen molar-refractivity contribution in [2.24, 2.45) is 0 Å². The summed E-state index contributed by atoms with van der Waals surface area (Å²) >= 11 is 5.33. The van der Waals surface area contributed by atoms with Crippen molar-refractivity contribution < 1.29 is 14.6 Å². The Morgan fingerprint density at radius 2 is 1.96 bits per heavy atom. The van der Waals surface area contributed by atoms with E-state index in [9.17, 15) is 9.90 Å². The van der Waals surface area contributed by atoms with Crippen molar-refractivity contribution in [1.82, 2.24) is 14.6 Å². The lowest BCUT2D eigenvalue weighted by atomic mass is 10.0. The highest BCUT2D eigenvalue weighted by Gasteiger charge is 2.17. The number of rotatable bonds is 4. The van der Waals surface area contributed by atoms with Gasteiger partial charge in [0.05, 0.1) is 30.1 Å². The highest BCUT2D eigenvalue weighted by Crippen LogP contribution is 2.27. The number of fused-ring (bicyclic) bond motifs is 1. The zero-order valence-electron chi connectivity index (χ0n) is 14.3. The lowest BCUT2D eigenvalue weighted by Gasteiger charge is -2.07. The minimum absolute atomic E-state index is 0.116. The second kappa shape index (κ2) is 6.69. The summed E-state index contributed by atoms with van der Waals surface area (Å²) in [6, 6.07) is 15.9. The van der Waals surface area contributed by atoms with Gasteiger partial charge in [-0.05, 0) is 36.5 Å². The van der Waals surface area contributed by atoms with E-state index in [1.807, 2.05) is 30.3 Å². The molecule has 0 aliphatic rings. The number of H-pyrrole nitrogens is 1. The first-order chi connectivity index (χ1) is 13.1. The van der Waals surface area contributed by atoms with Crippen LogP contribution in [0.15, 0.2) is 60.8 Å². The van der Waals surface area contributed by atoms with Crippen LogP contribution in [0, 0.1) is 4.77 Å². The summed E-state index contributed by atoms with van der Waals surface area (Å²) in [5, 5.41) is 14.4. The second-order valence-electron chi connectivity index (χ2n) is 5.92. The van der Waals surface area contributed by atoms with Gasteiger partial charge in [-0.3, -0.25) is 4.79 Å². The maximum Gasteiger partial charge on any atom is 0.199 e. The number of methoxy groups -OCH3 is 1. The van der Waals surface area contributed by atoms with Crippen LogP contribution < -0.4 is 4.74 Å². The van der Waals surface area contributed by atoms with Crippen molar-refractivity contribution in [3.8, 4) is 22.8 Å². The van der Waals surface area contributed by atoms with E-state index in [1.54, 1.807) is 16.6 Å². The lowest BCUT2D eigenvalue weighted by Crippen LogP contribution is -2.05. The van der Waals surface area contributed by atoms with E-state index in [0.717, 1.165) is 11.3 Å². The van der Waals surface area contributed by atoms with Gasteiger partial charge in [0.15, 0.2) is 10.6 Å². The molecule has 0 saturated carbocycles. The van der Waals surface area contributed by atoms with E-state index >= 15 is 0 Å². The summed E-state index contributed by atoms with van der Waals surface area (Å²) in [7, 11) is 1.50. The van der Waals surface area contributed by atoms with E-state index in [2.05, 4.69) is 10.1 Å². The van der Waals surface area contributed by atoms with Crippen LogP contribution in [-0.2, 0) is 0 Å². The van der Waals surface area contributed by atoms with Crippen LogP contribution in [0.2, 0.25) is 0 Å². The third-order valence-electron chi connectivity index (χ3n) is 4.29. The maximum absolute atomic E-state index is 12.9. The normalized spacial score (nSPS) is 10.9. The fraction of sp³-hybridized carbons (Fsp3) is 0.0500. The average molecular weight is 377 g/mol. The van der Waals surface area contributed by atoms with Crippen molar-refractivity contribution in [2.45, 2.75) is 0 Å². The number of ketones is 1. The Morgan fingerprint density at radius 3 is 2.70 bits per heavy atom. The molecule has 0 bridgehead atoms. The zero-order chi connectivity index (χ0) is 19.0. The number of imidazole rings is 1. The molecular formula is C20H15N3O3S. The molecule has 6 nitrogen and oxygen atoms in total. The van der Waals surface area contributed by atoms with Gasteiger partial charge in [-0.2, -0.15) is 5.10 Å². The fourth-order valence-corrected chi connectivity index (χ4v) is 3.17. The van der Waals surface area contributed by atoms with Gasteiger partial charge in [-0.25, -0.2) is 4.52 Å². The lowest BCUT2D eigenvalue weighted by molar-refractivity contribution is 0.103. The summed E-state index contributed by atoms with van der Waals surface area (Å²) in [6.07, 6.45) is 1.44. The minimum Gasteiger partial charge on any atom is -0.507 e. The molecule has 0 spiro atoms. The van der Waals surface area contributed by atoms with Gasteiger partial charge in [0, 0.05) is 11.1 Å². The molecule has 0 radical (unpaired) electrons. The van der Waals surface area contributed by atoms with Crippen LogP contribution in [0.25, 0.3) is 16.8 Å². The molecule has 0 aliphatic carbocycles. The van der Waals surface area contributed by atoms with E-state index in [0.29, 0.717) is 21.6 Å². The first kappa shape index (κ1) is 17.0. The number of aromatic amines is 1. The Bertz CT molecular complexity index is 1210. The molecule has 0 aliphatic heterocycles. The number of benzene rings is 2. The molecule has 2 aromatic carbocycles. The van der Waals surface area contributed by atoms with Crippen molar-refractivity contribution in [3.63, 3.8) is 0 Å². The monoisotopic (exact) mass is 377 g/mol. The topological polar surface area (TPSA) is 79.6 Å². The Balaban J connectivity index is 1.87. The predicted molar refractivity (Wildman–Crippen MR) is 104 cm³/mol. The first-order valence-electron chi connectivity index (χ1n) is 8.16. The number of nitrogens with one attached hydrogen (secondary N) is 1. The molecule has 7 heteroatoms. The van der Waals surface area contributed by atoms with Gasteiger partial charge >= 0.3 is 0 Å². The number of phenols is 1. The maximum atomic E-state index is 12.9. The van der Waals surface area contributed by atoms with Crippen LogP contribution in [-0.4, -0.2) is 32.6 Å². The van der Waals surface area contributed by atoms with E-state index in [1.165, 1.54) is 25.4 Å². The second-order valence-corrected chi connectivity index (χ2v) is 6.31. The minimum atomic E-state index is -0.354. The smallest absolute Gasteiger partial charge is 0.199 e. The van der Waals surface area contributed by atoms with Crippen molar-refractivity contribution >= 4 is 23.5 Å². The van der Waals surface area contributed by atoms with E-state index < -0.39 is 0 Å². The number of phenolic OH excluding ortho intramolecular Hbond substituents is 1. The molecule has 0 fully saturated rings. The number of carbonyl (C=O) groups is 1. The molecule has 0 amide bonds. The number of aromatic nitrogens is 3. The molecular weight excluding hydrogens is 362 g/mol. The SMILES string of the molecule is COc1ccc(O)c(C(=O)c2cnn3c(=S)[nH]c(-c4ccccc4)c3c2)c1. The molecule has 0 atom stereocenters. The highest BCUT2D eigenvalue weighted by atomic mass is 32.1. The van der Waals surface area contributed by atoms with Gasteiger partial charge < -0.3 is 14.8 Å². The number of ether oxygens (including phenoxy) is 1. The molecule has 2 N–H and O–H groups in total. The van der Waals surface area contributed by atoms with Crippen molar-refractivity contribution in [2.75, 3.05) is 7.11 Å². The van der Waals surface area contributed by atoms with Crippen molar-refractivity contribution in [3.05, 3.63) is 76.7 Å². The Morgan fingerprint density at radius 1 is 1.19 bits per heavy atom. The van der Waals surface area contributed by atoms with Gasteiger partial charge in [-0.15, -0.1) is 0 Å². The Labute approximate surface area is 159 Å². The molecule has 2 heterocycles. The Kier molecular flexibility index (Phi) is 4.21. The Hall–Kier alpha value is -3.45.